The van der Waals surface area contributed by atoms with Crippen LogP contribution < -0.4 is 0 Å². The highest BCUT2D eigenvalue weighted by atomic mass is 16.5. The van der Waals surface area contributed by atoms with Crippen LogP contribution in [0.1, 0.15) is 33.6 Å². The monoisotopic (exact) mass is 143 g/mol. The van der Waals surface area contributed by atoms with Crippen molar-refractivity contribution in [2.45, 2.75) is 33.6 Å². The number of esters is 1. The highest BCUT2D eigenvalue weighted by molar-refractivity contribution is 5.69. The molecule has 0 spiro atoms. The minimum absolute atomic E-state index is 0.203. The summed E-state index contributed by atoms with van der Waals surface area (Å²) < 4.78 is 4.26. The van der Waals surface area contributed by atoms with Crippen molar-refractivity contribution in [3.8, 4) is 0 Å². The second-order valence-corrected chi connectivity index (χ2v) is 3.58. The van der Waals surface area contributed by atoms with Crippen LogP contribution in [0.4, 0.5) is 0 Å². The average Bonchev–Trinajstić information content (AvgIpc) is 1.81. The molecular formula is C8H15O2. The molecule has 0 saturated carbocycles. The van der Waals surface area contributed by atoms with Gasteiger partial charge in [0.25, 0.3) is 0 Å². The van der Waals surface area contributed by atoms with E-state index in [1.165, 1.54) is 0 Å². The fourth-order valence-corrected chi connectivity index (χ4v) is 0.549. The maximum absolute atomic E-state index is 10.6. The summed E-state index contributed by atoms with van der Waals surface area (Å²) in [6.45, 7) is 6.26. The lowest BCUT2D eigenvalue weighted by Crippen LogP contribution is -2.09. The van der Waals surface area contributed by atoms with E-state index in [1.807, 2.05) is 0 Å². The molecule has 0 heterocycles. The molecule has 0 aromatic carbocycles. The Morgan fingerprint density at radius 2 is 2.00 bits per heavy atom. The van der Waals surface area contributed by atoms with E-state index in [2.05, 4.69) is 32.6 Å². The fourth-order valence-electron chi connectivity index (χ4n) is 0.549. The molecule has 10 heavy (non-hydrogen) atoms. The molecule has 0 unspecified atom stereocenters. The molecule has 0 rings (SSSR count). The van der Waals surface area contributed by atoms with Crippen LogP contribution in [0.15, 0.2) is 0 Å². The molecule has 1 radical (unpaired) electrons. The zero-order chi connectivity index (χ0) is 8.20. The molecule has 2 heteroatoms. The summed E-state index contributed by atoms with van der Waals surface area (Å²) in [5.74, 6) is -0.227. The molecule has 0 fully saturated rings. The highest BCUT2D eigenvalue weighted by Gasteiger charge is 2.12. The first kappa shape index (κ1) is 9.47. The van der Waals surface area contributed by atoms with E-state index >= 15 is 0 Å². The molecule has 0 atom stereocenters. The summed E-state index contributed by atoms with van der Waals surface area (Å²) in [7, 11) is 3.04. The van der Waals surface area contributed by atoms with Gasteiger partial charge in [0, 0.05) is 6.42 Å². The normalized spacial score (nSPS) is 11.2. The SMILES string of the molecule is [CH2]OC(=O)CCC(C)(C)C. The Hall–Kier alpha value is -0.530. The van der Waals surface area contributed by atoms with Crippen LogP contribution in [-0.2, 0) is 9.53 Å². The quantitative estimate of drug-likeness (QED) is 0.553. The van der Waals surface area contributed by atoms with E-state index < -0.39 is 0 Å². The van der Waals surface area contributed by atoms with E-state index in [0.29, 0.717) is 6.42 Å². The zero-order valence-corrected chi connectivity index (χ0v) is 6.94. The van der Waals surface area contributed by atoms with E-state index in [1.54, 1.807) is 0 Å². The predicted octanol–water partition coefficient (Wildman–Crippen LogP) is 2.15. The predicted molar refractivity (Wildman–Crippen MR) is 40.1 cm³/mol. The Bertz CT molecular complexity index is 111. The molecule has 2 nitrogen and oxygen atoms in total. The van der Waals surface area contributed by atoms with Crippen LogP contribution >= 0.6 is 0 Å². The Kier molecular flexibility index (Phi) is 3.40. The van der Waals surface area contributed by atoms with Gasteiger partial charge in [-0.1, -0.05) is 20.8 Å². The molecule has 0 aromatic rings. The molecule has 0 aromatic heterocycles. The van der Waals surface area contributed by atoms with Crippen molar-refractivity contribution in [3.05, 3.63) is 7.11 Å². The third-order valence-corrected chi connectivity index (χ3v) is 1.24. The molecule has 0 aliphatic heterocycles. The van der Waals surface area contributed by atoms with Gasteiger partial charge in [0.05, 0.1) is 0 Å². The largest absolute Gasteiger partial charge is 0.462 e. The first-order chi connectivity index (χ1) is 4.45. The lowest BCUT2D eigenvalue weighted by atomic mass is 9.91. The van der Waals surface area contributed by atoms with Crippen molar-refractivity contribution in [2.24, 2.45) is 5.41 Å². The minimum atomic E-state index is -0.227. The van der Waals surface area contributed by atoms with Crippen LogP contribution in [0.25, 0.3) is 0 Å². The molecule has 0 aliphatic carbocycles. The average molecular weight is 143 g/mol. The third kappa shape index (κ3) is 5.60. The van der Waals surface area contributed by atoms with Crippen LogP contribution in [0.3, 0.4) is 0 Å². The smallest absolute Gasteiger partial charge is 0.305 e. The van der Waals surface area contributed by atoms with Gasteiger partial charge in [-0.2, -0.15) is 0 Å². The molecule has 59 valence electrons. The second kappa shape index (κ2) is 3.59. The summed E-state index contributed by atoms with van der Waals surface area (Å²) in [5.41, 5.74) is 0.203. The summed E-state index contributed by atoms with van der Waals surface area (Å²) >= 11 is 0. The van der Waals surface area contributed by atoms with E-state index in [9.17, 15) is 4.79 Å². The number of hydrogen-bond acceptors (Lipinski definition) is 2. The van der Waals surface area contributed by atoms with Crippen molar-refractivity contribution in [1.82, 2.24) is 0 Å². The number of ether oxygens (including phenoxy) is 1. The number of hydrogen-bond donors (Lipinski definition) is 0. The van der Waals surface area contributed by atoms with Crippen molar-refractivity contribution in [3.63, 3.8) is 0 Å². The second-order valence-electron chi connectivity index (χ2n) is 3.58. The van der Waals surface area contributed by atoms with Crippen LogP contribution in [-0.4, -0.2) is 5.97 Å². The molecule has 0 saturated heterocycles. The summed E-state index contributed by atoms with van der Waals surface area (Å²) in [4.78, 5) is 10.6. The third-order valence-electron chi connectivity index (χ3n) is 1.24. The summed E-state index contributed by atoms with van der Waals surface area (Å²) in [6.07, 6.45) is 1.31. The van der Waals surface area contributed by atoms with Gasteiger partial charge in [0.1, 0.15) is 7.11 Å². The van der Waals surface area contributed by atoms with Crippen LogP contribution in [0, 0.1) is 12.5 Å². The zero-order valence-electron chi connectivity index (χ0n) is 6.94. The molecule has 0 amide bonds. The van der Waals surface area contributed by atoms with Gasteiger partial charge in [-0.3, -0.25) is 4.79 Å². The van der Waals surface area contributed by atoms with Crippen LogP contribution in [0.5, 0.6) is 0 Å². The topological polar surface area (TPSA) is 26.3 Å². The van der Waals surface area contributed by atoms with Gasteiger partial charge in [-0.15, -0.1) is 0 Å². The van der Waals surface area contributed by atoms with E-state index in [0.717, 1.165) is 6.42 Å². The molecule has 0 bridgehead atoms. The Labute approximate surface area is 62.6 Å². The number of rotatable bonds is 2. The highest BCUT2D eigenvalue weighted by Crippen LogP contribution is 2.20. The molecular weight excluding hydrogens is 128 g/mol. The Morgan fingerprint density at radius 1 is 1.50 bits per heavy atom. The number of carbonyl (C=O) groups excluding carboxylic acids is 1. The van der Waals surface area contributed by atoms with Gasteiger partial charge < -0.3 is 4.74 Å². The minimum Gasteiger partial charge on any atom is -0.462 e. The van der Waals surface area contributed by atoms with Gasteiger partial charge in [-0.25, -0.2) is 0 Å². The van der Waals surface area contributed by atoms with Crippen LogP contribution in [0.2, 0.25) is 0 Å². The molecule has 0 aliphatic rings. The maximum atomic E-state index is 10.6. The standard InChI is InChI=1S/C8H15O2/c1-8(2,3)6-5-7(9)10-4/h4-6H2,1-3H3. The number of carbonyl (C=O) groups is 1. The molecule has 0 N–H and O–H groups in total. The van der Waals surface area contributed by atoms with Gasteiger partial charge in [-0.05, 0) is 11.8 Å². The summed E-state index contributed by atoms with van der Waals surface area (Å²) in [5, 5.41) is 0. The first-order valence-electron chi connectivity index (χ1n) is 3.40. The Morgan fingerprint density at radius 3 is 2.30 bits per heavy atom. The van der Waals surface area contributed by atoms with E-state index in [-0.39, 0.29) is 11.4 Å². The van der Waals surface area contributed by atoms with Crippen molar-refractivity contribution in [2.75, 3.05) is 0 Å². The summed E-state index contributed by atoms with van der Waals surface area (Å²) in [6, 6.07) is 0. The lowest BCUT2D eigenvalue weighted by Gasteiger charge is -2.16. The maximum Gasteiger partial charge on any atom is 0.305 e. The van der Waals surface area contributed by atoms with Gasteiger partial charge >= 0.3 is 5.97 Å². The van der Waals surface area contributed by atoms with E-state index in [4.69, 9.17) is 0 Å². The van der Waals surface area contributed by atoms with Crippen molar-refractivity contribution in [1.29, 1.82) is 0 Å². The Balaban J connectivity index is 3.46. The van der Waals surface area contributed by atoms with Gasteiger partial charge in [0.2, 0.25) is 0 Å². The first-order valence-corrected chi connectivity index (χ1v) is 3.40. The fraction of sp³-hybridized carbons (Fsp3) is 0.750. The van der Waals surface area contributed by atoms with Crippen molar-refractivity contribution < 1.29 is 9.53 Å². The van der Waals surface area contributed by atoms with Crippen molar-refractivity contribution >= 4 is 5.97 Å². The lowest BCUT2D eigenvalue weighted by molar-refractivity contribution is -0.139. The van der Waals surface area contributed by atoms with Gasteiger partial charge in [0.15, 0.2) is 0 Å².